The molecule has 6 heteroatoms. The lowest BCUT2D eigenvalue weighted by molar-refractivity contribution is -0.121. The van der Waals surface area contributed by atoms with Crippen LogP contribution in [0.2, 0.25) is 0 Å². The average molecular weight is 350 g/mol. The molecule has 0 aliphatic carbocycles. The summed E-state index contributed by atoms with van der Waals surface area (Å²) < 4.78 is 26.9. The van der Waals surface area contributed by atoms with Gasteiger partial charge in [-0.1, -0.05) is 18.2 Å². The first-order valence-electron chi connectivity index (χ1n) is 7.54. The summed E-state index contributed by atoms with van der Waals surface area (Å²) in [5.41, 5.74) is 6.94. The smallest absolute Gasteiger partial charge is 0.222 e. The molecule has 0 aliphatic rings. The Labute approximate surface area is 144 Å². The van der Waals surface area contributed by atoms with Crippen LogP contribution in [0.25, 0.3) is 0 Å². The fraction of sp³-hybridized carbons (Fsp3) is 0.278. The first-order valence-corrected chi connectivity index (χ1v) is 8.77. The monoisotopic (exact) mass is 350 g/mol. The number of benzene rings is 2. The van der Waals surface area contributed by atoms with E-state index in [0.29, 0.717) is 5.56 Å². The summed E-state index contributed by atoms with van der Waals surface area (Å²) in [4.78, 5) is 13.2. The van der Waals surface area contributed by atoms with Crippen molar-refractivity contribution < 1.29 is 13.6 Å². The normalized spacial score (nSPS) is 13.4. The predicted molar refractivity (Wildman–Crippen MR) is 92.8 cm³/mol. The molecule has 0 aromatic heterocycles. The van der Waals surface area contributed by atoms with Crippen molar-refractivity contribution in [2.75, 3.05) is 6.26 Å². The van der Waals surface area contributed by atoms with Crippen LogP contribution < -0.4 is 11.1 Å². The highest BCUT2D eigenvalue weighted by Crippen LogP contribution is 2.27. The van der Waals surface area contributed by atoms with Gasteiger partial charge in [0.15, 0.2) is 11.6 Å². The topological polar surface area (TPSA) is 55.1 Å². The summed E-state index contributed by atoms with van der Waals surface area (Å²) in [6.07, 6.45) is 2.10. The maximum Gasteiger partial charge on any atom is 0.222 e. The number of nitrogens with one attached hydrogen (secondary N) is 1. The van der Waals surface area contributed by atoms with Crippen molar-refractivity contribution in [3.8, 4) is 0 Å². The molecule has 3 nitrogen and oxygen atoms in total. The SMILES string of the molecule is CSc1cccc(C(NC(=O)CC(C)N)c2ccc(F)c(F)c2)c1. The molecule has 0 fully saturated rings. The van der Waals surface area contributed by atoms with E-state index in [9.17, 15) is 13.6 Å². The first-order chi connectivity index (χ1) is 11.4. The Morgan fingerprint density at radius 1 is 1.17 bits per heavy atom. The van der Waals surface area contributed by atoms with E-state index < -0.39 is 17.7 Å². The highest BCUT2D eigenvalue weighted by molar-refractivity contribution is 7.98. The van der Waals surface area contributed by atoms with Gasteiger partial charge in [0.25, 0.3) is 0 Å². The van der Waals surface area contributed by atoms with Gasteiger partial charge in [-0.3, -0.25) is 4.79 Å². The number of nitrogens with two attached hydrogens (primary N) is 1. The van der Waals surface area contributed by atoms with Gasteiger partial charge < -0.3 is 11.1 Å². The summed E-state index contributed by atoms with van der Waals surface area (Å²) in [5, 5.41) is 2.86. The van der Waals surface area contributed by atoms with E-state index >= 15 is 0 Å². The standard InChI is InChI=1S/C18H20F2N2OS/c1-11(21)8-17(23)22-18(12-4-3-5-14(9-12)24-2)13-6-7-15(19)16(20)10-13/h3-7,9-11,18H,8,21H2,1-2H3,(H,22,23). The number of hydrogen-bond donors (Lipinski definition) is 2. The number of carbonyl (C=O) groups is 1. The third-order valence-corrected chi connectivity index (χ3v) is 4.24. The van der Waals surface area contributed by atoms with Crippen molar-refractivity contribution in [1.82, 2.24) is 5.32 Å². The molecule has 2 rings (SSSR count). The Morgan fingerprint density at radius 2 is 1.88 bits per heavy atom. The summed E-state index contributed by atoms with van der Waals surface area (Å²) >= 11 is 1.56. The minimum atomic E-state index is -0.944. The molecule has 1 amide bonds. The molecule has 2 aromatic rings. The lowest BCUT2D eigenvalue weighted by atomic mass is 9.98. The summed E-state index contributed by atoms with van der Waals surface area (Å²) in [5.74, 6) is -2.11. The van der Waals surface area contributed by atoms with E-state index in [1.807, 2.05) is 30.5 Å². The fourth-order valence-corrected chi connectivity index (χ4v) is 2.85. The number of amides is 1. The molecule has 0 saturated heterocycles. The van der Waals surface area contributed by atoms with Crippen molar-refractivity contribution in [2.24, 2.45) is 5.73 Å². The first kappa shape index (κ1) is 18.4. The third kappa shape index (κ3) is 4.79. The molecule has 0 spiro atoms. The third-order valence-electron chi connectivity index (χ3n) is 3.52. The lowest BCUT2D eigenvalue weighted by Crippen LogP contribution is -2.33. The molecule has 2 atom stereocenters. The van der Waals surface area contributed by atoms with Crippen molar-refractivity contribution in [1.29, 1.82) is 0 Å². The van der Waals surface area contributed by atoms with Gasteiger partial charge in [-0.25, -0.2) is 8.78 Å². The van der Waals surface area contributed by atoms with Gasteiger partial charge in [-0.2, -0.15) is 0 Å². The van der Waals surface area contributed by atoms with E-state index in [-0.39, 0.29) is 18.4 Å². The molecule has 3 N–H and O–H groups in total. The van der Waals surface area contributed by atoms with Crippen molar-refractivity contribution in [2.45, 2.75) is 30.3 Å². The van der Waals surface area contributed by atoms with Crippen LogP contribution in [0.4, 0.5) is 8.78 Å². The van der Waals surface area contributed by atoms with Crippen LogP contribution in [0, 0.1) is 11.6 Å². The highest BCUT2D eigenvalue weighted by Gasteiger charge is 2.19. The molecule has 0 saturated carbocycles. The van der Waals surface area contributed by atoms with Crippen molar-refractivity contribution in [3.05, 3.63) is 65.2 Å². The maximum atomic E-state index is 13.6. The highest BCUT2D eigenvalue weighted by atomic mass is 32.2. The average Bonchev–Trinajstić information content (AvgIpc) is 2.54. The van der Waals surface area contributed by atoms with Gasteiger partial charge in [0.2, 0.25) is 5.91 Å². The van der Waals surface area contributed by atoms with Crippen LogP contribution in [0.5, 0.6) is 0 Å². The Hall–Kier alpha value is -1.92. The Morgan fingerprint density at radius 3 is 2.50 bits per heavy atom. The second kappa shape index (κ2) is 8.26. The van der Waals surface area contributed by atoms with Gasteiger partial charge in [-0.05, 0) is 48.6 Å². The summed E-state index contributed by atoms with van der Waals surface area (Å²) in [6.45, 7) is 1.74. The predicted octanol–water partition coefficient (Wildman–Crippen LogP) is 3.63. The minimum absolute atomic E-state index is 0.155. The number of rotatable bonds is 6. The van der Waals surface area contributed by atoms with Crippen LogP contribution in [0.15, 0.2) is 47.4 Å². The number of thioether (sulfide) groups is 1. The van der Waals surface area contributed by atoms with Crippen LogP contribution in [-0.2, 0) is 4.79 Å². The van der Waals surface area contributed by atoms with Gasteiger partial charge in [0.05, 0.1) is 6.04 Å². The molecular formula is C18H20F2N2OS. The molecule has 0 aliphatic heterocycles. The quantitative estimate of drug-likeness (QED) is 0.782. The number of hydrogen-bond acceptors (Lipinski definition) is 3. The summed E-state index contributed by atoms with van der Waals surface area (Å²) in [6, 6.07) is 10.4. The zero-order chi connectivity index (χ0) is 17.7. The Bertz CT molecular complexity index is 722. The minimum Gasteiger partial charge on any atom is -0.345 e. The molecule has 0 heterocycles. The summed E-state index contributed by atoms with van der Waals surface area (Å²) in [7, 11) is 0. The van der Waals surface area contributed by atoms with Gasteiger partial charge in [0.1, 0.15) is 0 Å². The van der Waals surface area contributed by atoms with E-state index in [2.05, 4.69) is 5.32 Å². The zero-order valence-electron chi connectivity index (χ0n) is 13.6. The van der Waals surface area contributed by atoms with Gasteiger partial charge in [-0.15, -0.1) is 11.8 Å². The fourth-order valence-electron chi connectivity index (χ4n) is 2.38. The van der Waals surface area contributed by atoms with Crippen LogP contribution in [0.3, 0.4) is 0 Å². The van der Waals surface area contributed by atoms with Crippen LogP contribution in [-0.4, -0.2) is 18.2 Å². The van der Waals surface area contributed by atoms with E-state index in [1.54, 1.807) is 18.7 Å². The van der Waals surface area contributed by atoms with E-state index in [0.717, 1.165) is 22.6 Å². The Balaban J connectivity index is 2.39. The largest absolute Gasteiger partial charge is 0.345 e. The molecule has 0 radical (unpaired) electrons. The van der Waals surface area contributed by atoms with Crippen molar-refractivity contribution in [3.63, 3.8) is 0 Å². The Kier molecular flexibility index (Phi) is 6.34. The maximum absolute atomic E-state index is 13.6. The second-order valence-electron chi connectivity index (χ2n) is 5.63. The van der Waals surface area contributed by atoms with Gasteiger partial charge in [0, 0.05) is 17.4 Å². The van der Waals surface area contributed by atoms with E-state index in [4.69, 9.17) is 5.73 Å². The molecular weight excluding hydrogens is 330 g/mol. The number of halogens is 2. The molecule has 128 valence electrons. The second-order valence-corrected chi connectivity index (χ2v) is 6.51. The zero-order valence-corrected chi connectivity index (χ0v) is 14.4. The molecule has 2 aromatic carbocycles. The van der Waals surface area contributed by atoms with Crippen molar-refractivity contribution >= 4 is 17.7 Å². The molecule has 24 heavy (non-hydrogen) atoms. The molecule has 2 unspecified atom stereocenters. The van der Waals surface area contributed by atoms with Gasteiger partial charge >= 0.3 is 0 Å². The molecule has 0 bridgehead atoms. The van der Waals surface area contributed by atoms with Crippen LogP contribution >= 0.6 is 11.8 Å². The van der Waals surface area contributed by atoms with E-state index in [1.165, 1.54) is 6.07 Å². The number of carbonyl (C=O) groups excluding carboxylic acids is 1. The lowest BCUT2D eigenvalue weighted by Gasteiger charge is -2.21. The van der Waals surface area contributed by atoms with Crippen LogP contribution in [0.1, 0.15) is 30.5 Å².